The Kier molecular flexibility index (Phi) is 5.04. The van der Waals surface area contributed by atoms with Crippen LogP contribution in [0.2, 0.25) is 0 Å². The Morgan fingerprint density at radius 3 is 2.60 bits per heavy atom. The maximum Gasteiger partial charge on any atom is 0.243 e. The second-order valence-corrected chi connectivity index (χ2v) is 7.31. The van der Waals surface area contributed by atoms with Gasteiger partial charge in [-0.15, -0.1) is 11.6 Å². The lowest BCUT2D eigenvalue weighted by atomic mass is 9.85. The molecule has 2 rings (SSSR count). The van der Waals surface area contributed by atoms with Crippen molar-refractivity contribution >= 4 is 21.6 Å². The first-order valence-corrected chi connectivity index (χ1v) is 8.81. The highest BCUT2D eigenvalue weighted by molar-refractivity contribution is 7.89. The van der Waals surface area contributed by atoms with E-state index in [0.29, 0.717) is 24.6 Å². The van der Waals surface area contributed by atoms with Crippen molar-refractivity contribution in [2.24, 2.45) is 5.92 Å². The molecular weight excluding hydrogens is 301 g/mol. The molecule has 0 heterocycles. The van der Waals surface area contributed by atoms with E-state index in [1.165, 1.54) is 16.4 Å². The SMILES string of the molecule is CCN(CC1CCC1)S(=O)(=O)c1cc(F)ccc1CCl. The molecule has 0 aliphatic heterocycles. The standard InChI is InChI=1S/C14H19ClFNO2S/c1-2-17(10-11-4-3-5-11)20(18,19)14-8-13(16)7-6-12(14)9-15/h6-8,11H,2-5,9-10H2,1H3. The molecule has 112 valence electrons. The van der Waals surface area contributed by atoms with Gasteiger partial charge in [-0.3, -0.25) is 0 Å². The van der Waals surface area contributed by atoms with Crippen molar-refractivity contribution in [3.05, 3.63) is 29.6 Å². The number of halogens is 2. The first kappa shape index (κ1) is 15.7. The molecule has 0 saturated heterocycles. The van der Waals surface area contributed by atoms with Crippen molar-refractivity contribution in [3.63, 3.8) is 0 Å². The van der Waals surface area contributed by atoms with E-state index in [0.717, 1.165) is 25.3 Å². The van der Waals surface area contributed by atoms with Gasteiger partial charge in [0.1, 0.15) is 5.82 Å². The van der Waals surface area contributed by atoms with Crippen molar-refractivity contribution in [2.45, 2.75) is 37.0 Å². The average Bonchev–Trinajstić information content (AvgIpc) is 2.37. The van der Waals surface area contributed by atoms with E-state index in [1.54, 1.807) is 6.92 Å². The summed E-state index contributed by atoms with van der Waals surface area (Å²) in [7, 11) is -3.68. The molecule has 0 unspecified atom stereocenters. The van der Waals surface area contributed by atoms with E-state index in [2.05, 4.69) is 0 Å². The van der Waals surface area contributed by atoms with E-state index in [1.807, 2.05) is 0 Å². The van der Waals surface area contributed by atoms with Crippen LogP contribution in [0.1, 0.15) is 31.7 Å². The van der Waals surface area contributed by atoms with Crippen molar-refractivity contribution in [2.75, 3.05) is 13.1 Å². The quantitative estimate of drug-likeness (QED) is 0.754. The predicted octanol–water partition coefficient (Wildman–Crippen LogP) is 3.38. The molecule has 1 aliphatic rings. The molecule has 20 heavy (non-hydrogen) atoms. The van der Waals surface area contributed by atoms with E-state index in [9.17, 15) is 12.8 Å². The van der Waals surface area contributed by atoms with Gasteiger partial charge in [-0.25, -0.2) is 12.8 Å². The highest BCUT2D eigenvalue weighted by Crippen LogP contribution is 2.30. The molecular formula is C14H19ClFNO2S. The van der Waals surface area contributed by atoms with E-state index >= 15 is 0 Å². The zero-order valence-corrected chi connectivity index (χ0v) is 13.1. The Balaban J connectivity index is 2.33. The second kappa shape index (κ2) is 6.41. The molecule has 3 nitrogen and oxygen atoms in total. The average molecular weight is 320 g/mol. The topological polar surface area (TPSA) is 37.4 Å². The summed E-state index contributed by atoms with van der Waals surface area (Å²) in [6.45, 7) is 2.70. The third-order valence-corrected chi connectivity index (χ3v) is 6.14. The molecule has 0 atom stereocenters. The molecule has 0 radical (unpaired) electrons. The summed E-state index contributed by atoms with van der Waals surface area (Å²) in [5.41, 5.74) is 0.445. The van der Waals surface area contributed by atoms with Crippen molar-refractivity contribution in [1.29, 1.82) is 0 Å². The lowest BCUT2D eigenvalue weighted by Gasteiger charge is -2.31. The molecule has 1 aromatic rings. The van der Waals surface area contributed by atoms with Crippen LogP contribution >= 0.6 is 11.6 Å². The van der Waals surface area contributed by atoms with Gasteiger partial charge in [0, 0.05) is 19.0 Å². The predicted molar refractivity (Wildman–Crippen MR) is 77.7 cm³/mol. The largest absolute Gasteiger partial charge is 0.243 e. The van der Waals surface area contributed by atoms with Crippen molar-refractivity contribution in [1.82, 2.24) is 4.31 Å². The van der Waals surface area contributed by atoms with Gasteiger partial charge in [-0.05, 0) is 36.5 Å². The monoisotopic (exact) mass is 319 g/mol. The molecule has 0 amide bonds. The Hall–Kier alpha value is -0.650. The van der Waals surface area contributed by atoms with Crippen LogP contribution in [0.25, 0.3) is 0 Å². The minimum Gasteiger partial charge on any atom is -0.207 e. The first-order chi connectivity index (χ1) is 9.48. The molecule has 0 spiro atoms. The fourth-order valence-electron chi connectivity index (χ4n) is 2.38. The minimum absolute atomic E-state index is 0.00586. The highest BCUT2D eigenvalue weighted by atomic mass is 35.5. The molecule has 0 N–H and O–H groups in total. The van der Waals surface area contributed by atoms with Gasteiger partial charge in [0.15, 0.2) is 0 Å². The number of nitrogens with zero attached hydrogens (tertiary/aromatic N) is 1. The molecule has 1 fully saturated rings. The van der Waals surface area contributed by atoms with Crippen LogP contribution in [0, 0.1) is 11.7 Å². The van der Waals surface area contributed by atoms with Crippen LogP contribution < -0.4 is 0 Å². The Bertz CT molecular complexity index is 573. The number of hydrogen-bond acceptors (Lipinski definition) is 2. The number of sulfonamides is 1. The summed E-state index contributed by atoms with van der Waals surface area (Å²) in [5.74, 6) is -0.0783. The zero-order chi connectivity index (χ0) is 14.8. The number of benzene rings is 1. The second-order valence-electron chi connectivity index (χ2n) is 5.14. The summed E-state index contributed by atoms with van der Waals surface area (Å²) < 4.78 is 40.2. The van der Waals surface area contributed by atoms with Gasteiger partial charge < -0.3 is 0 Å². The fourth-order valence-corrected chi connectivity index (χ4v) is 4.45. The van der Waals surface area contributed by atoms with Crippen LogP contribution in [0.15, 0.2) is 23.1 Å². The van der Waals surface area contributed by atoms with Gasteiger partial charge in [0.05, 0.1) is 4.90 Å². The van der Waals surface area contributed by atoms with Crippen LogP contribution in [-0.4, -0.2) is 25.8 Å². The van der Waals surface area contributed by atoms with Gasteiger partial charge >= 0.3 is 0 Å². The Labute approximate surface area is 124 Å². The minimum atomic E-state index is -3.68. The fraction of sp³-hybridized carbons (Fsp3) is 0.571. The van der Waals surface area contributed by atoms with Gasteiger partial charge in [0.2, 0.25) is 10.0 Å². The molecule has 0 bridgehead atoms. The zero-order valence-electron chi connectivity index (χ0n) is 11.5. The maximum atomic E-state index is 13.4. The third-order valence-electron chi connectivity index (χ3n) is 3.83. The van der Waals surface area contributed by atoms with Crippen LogP contribution in [0.3, 0.4) is 0 Å². The molecule has 6 heteroatoms. The van der Waals surface area contributed by atoms with Crippen LogP contribution in [0.5, 0.6) is 0 Å². The summed E-state index contributed by atoms with van der Waals surface area (Å²) >= 11 is 5.78. The van der Waals surface area contributed by atoms with E-state index in [-0.39, 0.29) is 10.8 Å². The Morgan fingerprint density at radius 2 is 2.10 bits per heavy atom. The third kappa shape index (κ3) is 3.15. The van der Waals surface area contributed by atoms with E-state index in [4.69, 9.17) is 11.6 Å². The van der Waals surface area contributed by atoms with Crippen molar-refractivity contribution in [3.8, 4) is 0 Å². The maximum absolute atomic E-state index is 13.4. The normalized spacial score (nSPS) is 16.4. The molecule has 0 aromatic heterocycles. The summed E-state index contributed by atoms with van der Waals surface area (Å²) in [6, 6.07) is 3.74. The molecule has 1 aliphatic carbocycles. The highest BCUT2D eigenvalue weighted by Gasteiger charge is 2.30. The molecule has 1 aromatic carbocycles. The van der Waals surface area contributed by atoms with Gasteiger partial charge in [-0.2, -0.15) is 4.31 Å². The molecule has 1 saturated carbocycles. The summed E-state index contributed by atoms with van der Waals surface area (Å²) in [6.07, 6.45) is 3.30. The van der Waals surface area contributed by atoms with Gasteiger partial charge in [0.25, 0.3) is 0 Å². The smallest absolute Gasteiger partial charge is 0.207 e. The number of alkyl halides is 1. The lowest BCUT2D eigenvalue weighted by molar-refractivity contribution is 0.250. The summed E-state index contributed by atoms with van der Waals surface area (Å²) in [5, 5.41) is 0. The number of hydrogen-bond donors (Lipinski definition) is 0. The van der Waals surface area contributed by atoms with Gasteiger partial charge in [-0.1, -0.05) is 19.4 Å². The summed E-state index contributed by atoms with van der Waals surface area (Å²) in [4.78, 5) is -0.00586. The lowest BCUT2D eigenvalue weighted by Crippen LogP contribution is -2.37. The first-order valence-electron chi connectivity index (χ1n) is 6.83. The van der Waals surface area contributed by atoms with Crippen LogP contribution in [0.4, 0.5) is 4.39 Å². The van der Waals surface area contributed by atoms with Crippen molar-refractivity contribution < 1.29 is 12.8 Å². The van der Waals surface area contributed by atoms with E-state index < -0.39 is 15.8 Å². The van der Waals surface area contributed by atoms with Crippen LogP contribution in [-0.2, 0) is 15.9 Å². The Morgan fingerprint density at radius 1 is 1.40 bits per heavy atom. The number of rotatable bonds is 6.